The van der Waals surface area contributed by atoms with Crippen molar-refractivity contribution in [3.8, 4) is 5.95 Å². The molecule has 3 aromatic rings. The zero-order valence-corrected chi connectivity index (χ0v) is 13.2. The molecule has 0 aliphatic heterocycles. The normalized spacial score (nSPS) is 10.7. The van der Waals surface area contributed by atoms with Crippen LogP contribution in [0.1, 0.15) is 28.7 Å². The fraction of sp³-hybridized carbons (Fsp3) is 0.235. The molecule has 0 bridgehead atoms. The Kier molecular flexibility index (Phi) is 3.97. The number of rotatable bonds is 4. The highest BCUT2D eigenvalue weighted by molar-refractivity contribution is 6.02. The van der Waals surface area contributed by atoms with Crippen molar-refractivity contribution in [3.63, 3.8) is 0 Å². The van der Waals surface area contributed by atoms with Gasteiger partial charge in [0.05, 0.1) is 6.61 Å². The monoisotopic (exact) mass is 311 g/mol. The first-order chi connectivity index (χ1) is 11.1. The zero-order valence-electron chi connectivity index (χ0n) is 13.2. The van der Waals surface area contributed by atoms with Crippen LogP contribution in [-0.4, -0.2) is 22.5 Å². The molecule has 6 nitrogen and oxygen atoms in total. The third-order valence-corrected chi connectivity index (χ3v) is 3.34. The van der Waals surface area contributed by atoms with Crippen molar-refractivity contribution in [2.24, 2.45) is 0 Å². The van der Waals surface area contributed by atoms with E-state index in [-0.39, 0.29) is 11.7 Å². The minimum Gasteiger partial charge on any atom is -0.465 e. The van der Waals surface area contributed by atoms with E-state index in [1.165, 1.54) is 0 Å². The Bertz CT molecular complexity index is 871. The molecule has 6 heteroatoms. The molecule has 1 amide bonds. The van der Waals surface area contributed by atoms with Gasteiger partial charge >= 0.3 is 0 Å². The molecule has 0 unspecified atom stereocenters. The van der Waals surface area contributed by atoms with E-state index >= 15 is 0 Å². The van der Waals surface area contributed by atoms with Crippen molar-refractivity contribution < 1.29 is 13.9 Å². The van der Waals surface area contributed by atoms with Gasteiger partial charge in [0, 0.05) is 17.1 Å². The lowest BCUT2D eigenvalue weighted by Gasteiger charge is -2.06. The molecular weight excluding hydrogens is 294 g/mol. The number of carbonyl (C=O) groups excluding carboxylic acids is 1. The van der Waals surface area contributed by atoms with Crippen molar-refractivity contribution in [1.82, 2.24) is 9.97 Å². The van der Waals surface area contributed by atoms with Crippen LogP contribution in [0.5, 0.6) is 5.95 Å². The summed E-state index contributed by atoms with van der Waals surface area (Å²) in [7, 11) is 0. The van der Waals surface area contributed by atoms with Crippen LogP contribution >= 0.6 is 0 Å². The van der Waals surface area contributed by atoms with Gasteiger partial charge in [-0.05, 0) is 50.6 Å². The van der Waals surface area contributed by atoms with E-state index in [4.69, 9.17) is 9.15 Å². The van der Waals surface area contributed by atoms with Crippen LogP contribution in [-0.2, 0) is 0 Å². The molecule has 0 atom stereocenters. The van der Waals surface area contributed by atoms with Gasteiger partial charge in [0.1, 0.15) is 5.82 Å². The maximum atomic E-state index is 12.2. The molecule has 0 saturated carbocycles. The molecule has 3 aromatic heterocycles. The second-order valence-corrected chi connectivity index (χ2v) is 5.15. The predicted molar refractivity (Wildman–Crippen MR) is 86.8 cm³/mol. The fourth-order valence-corrected chi connectivity index (χ4v) is 2.34. The molecule has 0 aliphatic rings. The quantitative estimate of drug-likeness (QED) is 0.798. The number of aromatic nitrogens is 2. The van der Waals surface area contributed by atoms with Gasteiger partial charge in [0.25, 0.3) is 11.9 Å². The van der Waals surface area contributed by atoms with E-state index < -0.39 is 0 Å². The van der Waals surface area contributed by atoms with Crippen LogP contribution in [0.3, 0.4) is 0 Å². The van der Waals surface area contributed by atoms with Crippen molar-refractivity contribution >= 4 is 22.8 Å². The van der Waals surface area contributed by atoms with E-state index in [1.54, 1.807) is 18.2 Å². The minimum atomic E-state index is -0.382. The number of hydrogen-bond acceptors (Lipinski definition) is 5. The molecule has 1 N–H and O–H groups in total. The Labute approximate surface area is 133 Å². The number of anilines is 1. The summed E-state index contributed by atoms with van der Waals surface area (Å²) in [6.45, 7) is 6.25. The Morgan fingerprint density at radius 3 is 2.83 bits per heavy atom. The number of nitrogens with zero attached hydrogens (tertiary/aromatic N) is 2. The van der Waals surface area contributed by atoms with E-state index in [0.29, 0.717) is 24.0 Å². The maximum absolute atomic E-state index is 12.2. The van der Waals surface area contributed by atoms with Crippen molar-refractivity contribution in [2.75, 3.05) is 11.9 Å². The number of nitrogens with one attached hydrogen (secondary N) is 1. The number of pyridine rings is 2. The Morgan fingerprint density at radius 1 is 1.22 bits per heavy atom. The molecule has 0 fully saturated rings. The highest BCUT2D eigenvalue weighted by atomic mass is 16.6. The van der Waals surface area contributed by atoms with Crippen molar-refractivity contribution in [1.29, 1.82) is 0 Å². The van der Waals surface area contributed by atoms with Gasteiger partial charge < -0.3 is 14.5 Å². The SMILES string of the molecule is CCOc1ccc(C(=O)Nc2ccc3c(C)cc(C)nc3n2)o1. The van der Waals surface area contributed by atoms with Gasteiger partial charge in [-0.25, -0.2) is 9.97 Å². The third-order valence-electron chi connectivity index (χ3n) is 3.34. The second kappa shape index (κ2) is 6.08. The largest absolute Gasteiger partial charge is 0.465 e. The summed E-state index contributed by atoms with van der Waals surface area (Å²) >= 11 is 0. The first-order valence-corrected chi connectivity index (χ1v) is 7.36. The molecule has 0 aromatic carbocycles. The van der Waals surface area contributed by atoms with E-state index in [0.717, 1.165) is 16.6 Å². The lowest BCUT2D eigenvalue weighted by molar-refractivity contribution is 0.0988. The number of fused-ring (bicyclic) bond motifs is 1. The number of furan rings is 1. The first-order valence-electron chi connectivity index (χ1n) is 7.36. The van der Waals surface area contributed by atoms with Crippen LogP contribution in [0, 0.1) is 13.8 Å². The van der Waals surface area contributed by atoms with Crippen LogP contribution in [0.2, 0.25) is 0 Å². The smallest absolute Gasteiger partial charge is 0.292 e. The first kappa shape index (κ1) is 15.0. The number of amides is 1. The summed E-state index contributed by atoms with van der Waals surface area (Å²) < 4.78 is 10.5. The zero-order chi connectivity index (χ0) is 16.4. The lowest BCUT2D eigenvalue weighted by atomic mass is 10.1. The summed E-state index contributed by atoms with van der Waals surface area (Å²) in [6, 6.07) is 8.82. The number of hydrogen-bond donors (Lipinski definition) is 1. The number of aryl methyl sites for hydroxylation is 2. The molecule has 3 heterocycles. The Hall–Kier alpha value is -2.89. The average molecular weight is 311 g/mol. The van der Waals surface area contributed by atoms with E-state index in [1.807, 2.05) is 32.9 Å². The van der Waals surface area contributed by atoms with Crippen LogP contribution in [0.25, 0.3) is 11.0 Å². The molecule has 0 radical (unpaired) electrons. The summed E-state index contributed by atoms with van der Waals surface area (Å²) in [5.41, 5.74) is 2.60. The van der Waals surface area contributed by atoms with Crippen LogP contribution in [0.15, 0.2) is 34.7 Å². The standard InChI is InChI=1S/C17H17N3O3/c1-4-22-15-8-6-13(23-15)17(21)20-14-7-5-12-10(2)9-11(3)18-16(12)19-14/h5-9H,4H2,1-3H3,(H,18,19,20,21). The maximum Gasteiger partial charge on any atom is 0.292 e. The number of carbonyl (C=O) groups is 1. The average Bonchev–Trinajstić information content (AvgIpc) is 2.96. The Balaban J connectivity index is 1.84. The molecule has 0 aliphatic carbocycles. The summed E-state index contributed by atoms with van der Waals surface area (Å²) in [4.78, 5) is 21.0. The third kappa shape index (κ3) is 3.15. The van der Waals surface area contributed by atoms with Gasteiger partial charge in [-0.15, -0.1) is 0 Å². The van der Waals surface area contributed by atoms with Crippen molar-refractivity contribution in [3.05, 3.63) is 47.3 Å². The van der Waals surface area contributed by atoms with Crippen LogP contribution in [0.4, 0.5) is 5.82 Å². The van der Waals surface area contributed by atoms with Gasteiger partial charge in [-0.3, -0.25) is 4.79 Å². The fourth-order valence-electron chi connectivity index (χ4n) is 2.34. The van der Waals surface area contributed by atoms with Gasteiger partial charge in [0.15, 0.2) is 11.4 Å². The molecule has 0 spiro atoms. The highest BCUT2D eigenvalue weighted by Gasteiger charge is 2.13. The molecule has 118 valence electrons. The minimum absolute atomic E-state index is 0.170. The van der Waals surface area contributed by atoms with Gasteiger partial charge in [-0.1, -0.05) is 0 Å². The predicted octanol–water partition coefficient (Wildman–Crippen LogP) is 3.49. The highest BCUT2D eigenvalue weighted by Crippen LogP contribution is 2.20. The second-order valence-electron chi connectivity index (χ2n) is 5.15. The summed E-state index contributed by atoms with van der Waals surface area (Å²) in [5, 5.41) is 3.67. The molecular formula is C17H17N3O3. The van der Waals surface area contributed by atoms with E-state index in [9.17, 15) is 4.79 Å². The van der Waals surface area contributed by atoms with Crippen molar-refractivity contribution in [2.45, 2.75) is 20.8 Å². The van der Waals surface area contributed by atoms with Crippen LogP contribution < -0.4 is 10.1 Å². The van der Waals surface area contributed by atoms with Gasteiger partial charge in [-0.2, -0.15) is 0 Å². The molecule has 3 rings (SSSR count). The Morgan fingerprint density at radius 2 is 2.04 bits per heavy atom. The summed E-state index contributed by atoms with van der Waals surface area (Å²) in [6.07, 6.45) is 0. The molecule has 0 saturated heterocycles. The number of ether oxygens (including phenoxy) is 1. The lowest BCUT2D eigenvalue weighted by Crippen LogP contribution is -2.12. The molecule has 23 heavy (non-hydrogen) atoms. The van der Waals surface area contributed by atoms with E-state index in [2.05, 4.69) is 15.3 Å². The summed E-state index contributed by atoms with van der Waals surface area (Å²) in [5.74, 6) is 0.530. The van der Waals surface area contributed by atoms with Gasteiger partial charge in [0.2, 0.25) is 0 Å². The topological polar surface area (TPSA) is 77.2 Å².